The molecule has 0 bridgehead atoms. The van der Waals surface area contributed by atoms with Crippen molar-refractivity contribution in [1.82, 2.24) is 10.3 Å². The van der Waals surface area contributed by atoms with Crippen molar-refractivity contribution in [3.8, 4) is 5.75 Å². The number of fused-ring (bicyclic) bond motifs is 1. The quantitative estimate of drug-likeness (QED) is 0.815. The minimum Gasteiger partial charge on any atom is -0.482 e. The maximum absolute atomic E-state index is 12.2. The Balaban J connectivity index is 1.88. The van der Waals surface area contributed by atoms with Crippen LogP contribution in [0.3, 0.4) is 0 Å². The van der Waals surface area contributed by atoms with Crippen molar-refractivity contribution in [2.45, 2.75) is 6.42 Å². The van der Waals surface area contributed by atoms with E-state index < -0.39 is 0 Å². The Morgan fingerprint density at radius 1 is 1.43 bits per heavy atom. The lowest BCUT2D eigenvalue weighted by molar-refractivity contribution is -0.120. The Hall–Kier alpha value is -2.90. The number of rotatable bonds is 3. The third-order valence-corrected chi connectivity index (χ3v) is 3.28. The summed E-state index contributed by atoms with van der Waals surface area (Å²) in [7, 11) is 1.64. The van der Waals surface area contributed by atoms with Crippen LogP contribution in [0.25, 0.3) is 0 Å². The van der Waals surface area contributed by atoms with Crippen LogP contribution in [0.15, 0.2) is 22.8 Å². The standard InChI is InChI=1S/C13H12N4O4/c1-17-9-4-7(2-3-11(9)20-6-12(17)19)10(18)5-8-13(14)16-21-15-8/h2-4H,5-6H2,1H3,(H2,14,16). The van der Waals surface area contributed by atoms with Crippen LogP contribution in [0.4, 0.5) is 11.5 Å². The van der Waals surface area contributed by atoms with Gasteiger partial charge in [-0.05, 0) is 23.4 Å². The smallest absolute Gasteiger partial charge is 0.264 e. The Morgan fingerprint density at radius 2 is 2.24 bits per heavy atom. The highest BCUT2D eigenvalue weighted by Crippen LogP contribution is 2.32. The van der Waals surface area contributed by atoms with Gasteiger partial charge in [0, 0.05) is 12.6 Å². The van der Waals surface area contributed by atoms with Crippen LogP contribution in [0, 0.1) is 0 Å². The molecule has 0 saturated carbocycles. The zero-order valence-corrected chi connectivity index (χ0v) is 11.2. The van der Waals surface area contributed by atoms with E-state index in [1.165, 1.54) is 4.90 Å². The molecular weight excluding hydrogens is 276 g/mol. The normalized spacial score (nSPS) is 13.8. The van der Waals surface area contributed by atoms with Gasteiger partial charge in [-0.1, -0.05) is 5.16 Å². The first kappa shape index (κ1) is 13.1. The van der Waals surface area contributed by atoms with E-state index in [1.807, 2.05) is 0 Å². The largest absolute Gasteiger partial charge is 0.482 e. The number of Topliss-reactive ketones (excluding diaryl/α,β-unsaturated/α-hetero) is 1. The van der Waals surface area contributed by atoms with E-state index in [0.29, 0.717) is 22.7 Å². The molecule has 0 aliphatic carbocycles. The molecule has 108 valence electrons. The number of anilines is 2. The molecule has 0 spiro atoms. The molecule has 2 aromatic rings. The molecule has 21 heavy (non-hydrogen) atoms. The second-order valence-electron chi connectivity index (χ2n) is 4.62. The predicted octanol–water partition coefficient (Wildman–Crippen LogP) is 0.432. The van der Waals surface area contributed by atoms with E-state index in [1.54, 1.807) is 25.2 Å². The number of ether oxygens (including phenoxy) is 1. The Kier molecular flexibility index (Phi) is 3.05. The van der Waals surface area contributed by atoms with Gasteiger partial charge >= 0.3 is 0 Å². The molecule has 1 aliphatic rings. The van der Waals surface area contributed by atoms with Crippen LogP contribution in [0.1, 0.15) is 16.1 Å². The molecule has 1 aliphatic heterocycles. The molecule has 0 fully saturated rings. The number of nitrogen functional groups attached to an aromatic ring is 1. The number of amides is 1. The fraction of sp³-hybridized carbons (Fsp3) is 0.231. The second-order valence-corrected chi connectivity index (χ2v) is 4.62. The first-order valence-electron chi connectivity index (χ1n) is 6.20. The summed E-state index contributed by atoms with van der Waals surface area (Å²) >= 11 is 0. The maximum Gasteiger partial charge on any atom is 0.264 e. The highest BCUT2D eigenvalue weighted by atomic mass is 16.6. The van der Waals surface area contributed by atoms with Gasteiger partial charge in [0.05, 0.1) is 12.1 Å². The van der Waals surface area contributed by atoms with E-state index in [9.17, 15) is 9.59 Å². The molecule has 0 unspecified atom stereocenters. The molecule has 2 N–H and O–H groups in total. The number of aromatic nitrogens is 2. The van der Waals surface area contributed by atoms with Crippen LogP contribution >= 0.6 is 0 Å². The van der Waals surface area contributed by atoms with Crippen molar-refractivity contribution in [1.29, 1.82) is 0 Å². The highest BCUT2D eigenvalue weighted by Gasteiger charge is 2.23. The SMILES string of the molecule is CN1C(=O)COc2ccc(C(=O)Cc3nonc3N)cc21. The van der Waals surface area contributed by atoms with Gasteiger partial charge in [0.1, 0.15) is 11.4 Å². The Labute approximate surface area is 119 Å². The van der Waals surface area contributed by atoms with Gasteiger partial charge < -0.3 is 15.4 Å². The van der Waals surface area contributed by atoms with Crippen LogP contribution in [-0.4, -0.2) is 35.7 Å². The van der Waals surface area contributed by atoms with Crippen LogP contribution in [0.2, 0.25) is 0 Å². The van der Waals surface area contributed by atoms with E-state index in [4.69, 9.17) is 10.5 Å². The van der Waals surface area contributed by atoms with Gasteiger partial charge in [0.2, 0.25) is 0 Å². The summed E-state index contributed by atoms with van der Waals surface area (Å²) in [5.74, 6) is 0.289. The van der Waals surface area contributed by atoms with Crippen molar-refractivity contribution in [3.63, 3.8) is 0 Å². The third-order valence-electron chi connectivity index (χ3n) is 3.28. The highest BCUT2D eigenvalue weighted by molar-refractivity contribution is 6.02. The van der Waals surface area contributed by atoms with E-state index in [0.717, 1.165) is 0 Å². The maximum atomic E-state index is 12.2. The van der Waals surface area contributed by atoms with Crippen molar-refractivity contribution < 1.29 is 19.0 Å². The number of carbonyl (C=O) groups excluding carboxylic acids is 2. The predicted molar refractivity (Wildman–Crippen MR) is 72.1 cm³/mol. The number of benzene rings is 1. The minimum absolute atomic E-state index is 0.00205. The number of hydrogen-bond acceptors (Lipinski definition) is 7. The molecular formula is C13H12N4O4. The molecule has 8 nitrogen and oxygen atoms in total. The molecule has 1 aromatic carbocycles. The number of nitrogens with two attached hydrogens (primary N) is 1. The minimum atomic E-state index is -0.202. The number of nitrogens with zero attached hydrogens (tertiary/aromatic N) is 3. The average Bonchev–Trinajstić information content (AvgIpc) is 2.88. The summed E-state index contributed by atoms with van der Waals surface area (Å²) in [5.41, 5.74) is 6.81. The van der Waals surface area contributed by atoms with Crippen LogP contribution in [-0.2, 0) is 11.2 Å². The monoisotopic (exact) mass is 288 g/mol. The number of hydrogen-bond donors (Lipinski definition) is 1. The van der Waals surface area contributed by atoms with Gasteiger partial charge in [-0.25, -0.2) is 4.63 Å². The van der Waals surface area contributed by atoms with Gasteiger partial charge in [-0.3, -0.25) is 9.59 Å². The van der Waals surface area contributed by atoms with Gasteiger partial charge in [-0.15, -0.1) is 0 Å². The fourth-order valence-electron chi connectivity index (χ4n) is 2.04. The van der Waals surface area contributed by atoms with Crippen molar-refractivity contribution >= 4 is 23.2 Å². The summed E-state index contributed by atoms with van der Waals surface area (Å²) in [6.45, 7) is -0.00205. The third kappa shape index (κ3) is 2.31. The summed E-state index contributed by atoms with van der Waals surface area (Å²) in [4.78, 5) is 25.3. The lowest BCUT2D eigenvalue weighted by Crippen LogP contribution is -2.35. The number of carbonyl (C=O) groups is 2. The average molecular weight is 288 g/mol. The van der Waals surface area contributed by atoms with Crippen molar-refractivity contribution in [3.05, 3.63) is 29.5 Å². The molecule has 8 heteroatoms. The molecule has 0 radical (unpaired) electrons. The molecule has 3 rings (SSSR count). The van der Waals surface area contributed by atoms with E-state index in [2.05, 4.69) is 14.9 Å². The van der Waals surface area contributed by atoms with Gasteiger partial charge in [0.15, 0.2) is 18.2 Å². The lowest BCUT2D eigenvalue weighted by Gasteiger charge is -2.26. The zero-order chi connectivity index (χ0) is 15.0. The summed E-state index contributed by atoms with van der Waals surface area (Å²) in [5, 5.41) is 7.00. The molecule has 0 saturated heterocycles. The van der Waals surface area contributed by atoms with E-state index >= 15 is 0 Å². The van der Waals surface area contributed by atoms with Gasteiger partial charge in [-0.2, -0.15) is 0 Å². The Morgan fingerprint density at radius 3 is 2.95 bits per heavy atom. The molecule has 2 heterocycles. The number of likely N-dealkylation sites (N-methyl/N-ethyl adjacent to an activating group) is 1. The van der Waals surface area contributed by atoms with Crippen molar-refractivity contribution in [2.75, 3.05) is 24.3 Å². The lowest BCUT2D eigenvalue weighted by atomic mass is 10.0. The van der Waals surface area contributed by atoms with Crippen LogP contribution < -0.4 is 15.4 Å². The van der Waals surface area contributed by atoms with E-state index in [-0.39, 0.29) is 30.5 Å². The van der Waals surface area contributed by atoms with Crippen LogP contribution in [0.5, 0.6) is 5.75 Å². The van der Waals surface area contributed by atoms with Gasteiger partial charge in [0.25, 0.3) is 5.91 Å². The topological polar surface area (TPSA) is 112 Å². The molecule has 1 aromatic heterocycles. The first-order chi connectivity index (χ1) is 10.1. The summed E-state index contributed by atoms with van der Waals surface area (Å²) in [6.07, 6.45) is -0.0212. The summed E-state index contributed by atoms with van der Waals surface area (Å²) in [6, 6.07) is 4.91. The number of ketones is 1. The zero-order valence-electron chi connectivity index (χ0n) is 11.2. The first-order valence-corrected chi connectivity index (χ1v) is 6.20. The molecule has 1 amide bonds. The Bertz CT molecular complexity index is 725. The summed E-state index contributed by atoms with van der Waals surface area (Å²) < 4.78 is 9.76. The second kappa shape index (κ2) is 4.89. The fourth-order valence-corrected chi connectivity index (χ4v) is 2.04. The molecule has 0 atom stereocenters. The van der Waals surface area contributed by atoms with Crippen molar-refractivity contribution in [2.24, 2.45) is 0 Å².